The van der Waals surface area contributed by atoms with Crippen LogP contribution in [0.2, 0.25) is 0 Å². The van der Waals surface area contributed by atoms with Crippen LogP contribution in [-0.4, -0.2) is 30.2 Å². The van der Waals surface area contributed by atoms with Crippen LogP contribution < -0.4 is 5.32 Å². The first-order chi connectivity index (χ1) is 12.1. The van der Waals surface area contributed by atoms with Gasteiger partial charge in [0, 0.05) is 24.7 Å². The molecule has 1 aromatic carbocycles. The monoisotopic (exact) mass is 336 g/mol. The van der Waals surface area contributed by atoms with Crippen LogP contribution >= 0.6 is 0 Å². The number of benzene rings is 1. The Balaban J connectivity index is 1.74. The number of nitrogens with zero attached hydrogens (tertiary/aromatic N) is 5. The molecule has 0 amide bonds. The molecule has 1 aliphatic rings. The van der Waals surface area contributed by atoms with Gasteiger partial charge in [0.05, 0.1) is 12.0 Å². The van der Waals surface area contributed by atoms with Crippen molar-refractivity contribution in [2.75, 3.05) is 5.32 Å². The fraction of sp³-hybridized carbons (Fsp3) is 0.278. The van der Waals surface area contributed by atoms with E-state index in [-0.39, 0.29) is 5.82 Å². The van der Waals surface area contributed by atoms with E-state index in [2.05, 4.69) is 10.3 Å². The maximum absolute atomic E-state index is 13.6. The van der Waals surface area contributed by atoms with Gasteiger partial charge in [0.2, 0.25) is 0 Å². The lowest BCUT2D eigenvalue weighted by Crippen LogP contribution is -2.06. The summed E-state index contributed by atoms with van der Waals surface area (Å²) >= 11 is 0. The summed E-state index contributed by atoms with van der Waals surface area (Å²) in [5.74, 6) is 0.586. The maximum atomic E-state index is 13.6. The second kappa shape index (κ2) is 5.02. The summed E-state index contributed by atoms with van der Waals surface area (Å²) in [7, 11) is 1.94. The van der Waals surface area contributed by atoms with E-state index in [0.717, 1.165) is 33.9 Å². The third kappa shape index (κ3) is 2.26. The lowest BCUT2D eigenvalue weighted by atomic mass is 10.1. The molecule has 4 aromatic rings. The number of aromatic nitrogens is 5. The standard InChI is InChI=1S/C18H17FN6/c1-10-7-11(3-6-13(10)19)14-8-15-22-17(21-12-4-5-12)16-18(25(15)23-14)24(2)9-20-16/h3,6-9,12H,4-5H2,1-2H3,(H,21,22). The van der Waals surface area contributed by atoms with Crippen LogP contribution in [0.25, 0.3) is 28.1 Å². The highest BCUT2D eigenvalue weighted by molar-refractivity contribution is 5.86. The highest BCUT2D eigenvalue weighted by atomic mass is 19.1. The number of fused-ring (bicyclic) bond motifs is 3. The lowest BCUT2D eigenvalue weighted by Gasteiger charge is -2.06. The predicted molar refractivity (Wildman–Crippen MR) is 94.0 cm³/mol. The molecule has 1 N–H and O–H groups in total. The average Bonchev–Trinajstić information content (AvgIpc) is 3.16. The Morgan fingerprint density at radius 2 is 2.08 bits per heavy atom. The van der Waals surface area contributed by atoms with Gasteiger partial charge >= 0.3 is 0 Å². The molecule has 3 aromatic heterocycles. The SMILES string of the molecule is Cc1cc(-c2cc3nc(NC4CC4)c4ncn(C)c4n3n2)ccc1F. The van der Waals surface area contributed by atoms with Crippen molar-refractivity contribution in [3.63, 3.8) is 0 Å². The Labute approximate surface area is 143 Å². The first-order valence-electron chi connectivity index (χ1n) is 8.34. The second-order valence-electron chi connectivity index (χ2n) is 6.67. The molecular weight excluding hydrogens is 319 g/mol. The van der Waals surface area contributed by atoms with Crippen molar-refractivity contribution < 1.29 is 4.39 Å². The van der Waals surface area contributed by atoms with Gasteiger partial charge in [-0.25, -0.2) is 14.4 Å². The molecule has 1 aliphatic carbocycles. The van der Waals surface area contributed by atoms with Gasteiger partial charge in [-0.15, -0.1) is 0 Å². The molecule has 0 unspecified atom stereocenters. The van der Waals surface area contributed by atoms with Crippen molar-refractivity contribution in [1.82, 2.24) is 24.1 Å². The summed E-state index contributed by atoms with van der Waals surface area (Å²) in [6, 6.07) is 7.44. The number of halogens is 1. The van der Waals surface area contributed by atoms with Gasteiger partial charge < -0.3 is 9.88 Å². The third-order valence-electron chi connectivity index (χ3n) is 4.62. The Morgan fingerprint density at radius 3 is 2.84 bits per heavy atom. The lowest BCUT2D eigenvalue weighted by molar-refractivity contribution is 0.618. The van der Waals surface area contributed by atoms with Gasteiger partial charge in [-0.05, 0) is 43.5 Å². The maximum Gasteiger partial charge on any atom is 0.167 e. The van der Waals surface area contributed by atoms with Crippen molar-refractivity contribution in [1.29, 1.82) is 0 Å². The zero-order valence-corrected chi connectivity index (χ0v) is 14.0. The number of anilines is 1. The minimum absolute atomic E-state index is 0.212. The first-order valence-corrected chi connectivity index (χ1v) is 8.34. The van der Waals surface area contributed by atoms with E-state index < -0.39 is 0 Å². The largest absolute Gasteiger partial charge is 0.365 e. The molecule has 1 saturated carbocycles. The first kappa shape index (κ1) is 14.4. The molecule has 0 spiro atoms. The average molecular weight is 336 g/mol. The predicted octanol–water partition coefficient (Wildman–Crippen LogP) is 3.30. The van der Waals surface area contributed by atoms with E-state index in [1.807, 2.05) is 17.7 Å². The van der Waals surface area contributed by atoms with E-state index in [1.165, 1.54) is 18.9 Å². The van der Waals surface area contributed by atoms with Crippen molar-refractivity contribution in [3.8, 4) is 11.3 Å². The van der Waals surface area contributed by atoms with Crippen LogP contribution in [0.4, 0.5) is 10.2 Å². The molecule has 7 heteroatoms. The summed E-state index contributed by atoms with van der Waals surface area (Å²) in [5, 5.41) is 8.15. The number of aryl methyl sites for hydroxylation is 2. The topological polar surface area (TPSA) is 60.0 Å². The minimum atomic E-state index is -0.212. The molecule has 6 nitrogen and oxygen atoms in total. The molecule has 0 atom stereocenters. The second-order valence-corrected chi connectivity index (χ2v) is 6.67. The fourth-order valence-electron chi connectivity index (χ4n) is 3.08. The van der Waals surface area contributed by atoms with Crippen LogP contribution in [0.15, 0.2) is 30.6 Å². The van der Waals surface area contributed by atoms with Crippen molar-refractivity contribution in [2.24, 2.45) is 7.05 Å². The van der Waals surface area contributed by atoms with Gasteiger partial charge in [-0.2, -0.15) is 9.61 Å². The molecule has 25 heavy (non-hydrogen) atoms. The molecule has 3 heterocycles. The molecule has 0 bridgehead atoms. The fourth-order valence-corrected chi connectivity index (χ4v) is 3.08. The molecule has 1 fully saturated rings. The van der Waals surface area contributed by atoms with E-state index in [4.69, 9.17) is 10.1 Å². The molecule has 0 aliphatic heterocycles. The third-order valence-corrected chi connectivity index (χ3v) is 4.62. The number of nitrogens with one attached hydrogen (secondary N) is 1. The van der Waals surface area contributed by atoms with Crippen LogP contribution in [0.3, 0.4) is 0 Å². The quantitative estimate of drug-likeness (QED) is 0.623. The smallest absolute Gasteiger partial charge is 0.167 e. The van der Waals surface area contributed by atoms with Crippen molar-refractivity contribution in [3.05, 3.63) is 42.0 Å². The van der Waals surface area contributed by atoms with Gasteiger partial charge in [0.1, 0.15) is 5.82 Å². The Hall–Kier alpha value is -2.96. The van der Waals surface area contributed by atoms with E-state index in [9.17, 15) is 4.39 Å². The van der Waals surface area contributed by atoms with Gasteiger partial charge in [0.15, 0.2) is 22.6 Å². The Bertz CT molecular complexity index is 1120. The van der Waals surface area contributed by atoms with Gasteiger partial charge in [-0.1, -0.05) is 0 Å². The zero-order chi connectivity index (χ0) is 17.1. The molecule has 0 radical (unpaired) electrons. The van der Waals surface area contributed by atoms with Crippen LogP contribution in [0, 0.1) is 12.7 Å². The van der Waals surface area contributed by atoms with Crippen molar-refractivity contribution >= 4 is 22.6 Å². The molecule has 126 valence electrons. The van der Waals surface area contributed by atoms with E-state index >= 15 is 0 Å². The molecule has 5 rings (SSSR count). The Kier molecular flexibility index (Phi) is 2.89. The Morgan fingerprint density at radius 1 is 1.24 bits per heavy atom. The number of hydrogen-bond donors (Lipinski definition) is 1. The zero-order valence-electron chi connectivity index (χ0n) is 14.0. The van der Waals surface area contributed by atoms with Crippen LogP contribution in [-0.2, 0) is 7.05 Å². The van der Waals surface area contributed by atoms with Crippen LogP contribution in [0.5, 0.6) is 0 Å². The molecular formula is C18H17FN6. The summed E-state index contributed by atoms with van der Waals surface area (Å²) < 4.78 is 17.3. The van der Waals surface area contributed by atoms with Crippen LogP contribution in [0.1, 0.15) is 18.4 Å². The number of hydrogen-bond acceptors (Lipinski definition) is 4. The van der Waals surface area contributed by atoms with Gasteiger partial charge in [-0.3, -0.25) is 0 Å². The summed E-state index contributed by atoms with van der Waals surface area (Å²) in [6.45, 7) is 1.75. The number of imidazole rings is 1. The minimum Gasteiger partial charge on any atom is -0.365 e. The molecule has 0 saturated heterocycles. The van der Waals surface area contributed by atoms with Crippen molar-refractivity contribution in [2.45, 2.75) is 25.8 Å². The van der Waals surface area contributed by atoms with E-state index in [0.29, 0.717) is 11.6 Å². The highest BCUT2D eigenvalue weighted by Crippen LogP contribution is 2.30. The van der Waals surface area contributed by atoms with E-state index in [1.54, 1.807) is 29.9 Å². The number of rotatable bonds is 3. The summed E-state index contributed by atoms with van der Waals surface area (Å²) in [5.41, 5.74) is 4.68. The summed E-state index contributed by atoms with van der Waals surface area (Å²) in [4.78, 5) is 9.21. The normalized spacial score (nSPS) is 14.5. The summed E-state index contributed by atoms with van der Waals surface area (Å²) in [6.07, 6.45) is 4.11. The van der Waals surface area contributed by atoms with Gasteiger partial charge in [0.25, 0.3) is 0 Å². The highest BCUT2D eigenvalue weighted by Gasteiger charge is 2.24.